The van der Waals surface area contributed by atoms with Gasteiger partial charge in [-0.05, 0) is 40.4 Å². The largest absolute Gasteiger partial charge is 0.369 e. The average molecular weight is 305 g/mol. The zero-order valence-corrected chi connectivity index (χ0v) is 11.3. The van der Waals surface area contributed by atoms with Gasteiger partial charge >= 0.3 is 0 Å². The Morgan fingerprint density at radius 3 is 2.83 bits per heavy atom. The van der Waals surface area contributed by atoms with Crippen LogP contribution in [0.15, 0.2) is 35.1 Å². The van der Waals surface area contributed by atoms with E-state index in [0.717, 1.165) is 23.1 Å². The van der Waals surface area contributed by atoms with Crippen molar-refractivity contribution in [1.82, 2.24) is 15.0 Å². The van der Waals surface area contributed by atoms with Crippen molar-refractivity contribution in [1.29, 1.82) is 0 Å². The first-order valence-electron chi connectivity index (χ1n) is 5.79. The predicted molar refractivity (Wildman–Crippen MR) is 76.4 cm³/mol. The molecule has 2 aromatic heterocycles. The van der Waals surface area contributed by atoms with Crippen LogP contribution in [0.5, 0.6) is 0 Å². The molecule has 0 amide bonds. The summed E-state index contributed by atoms with van der Waals surface area (Å²) in [4.78, 5) is 10.5. The summed E-state index contributed by atoms with van der Waals surface area (Å²) >= 11 is 3.40. The highest BCUT2D eigenvalue weighted by atomic mass is 79.9. The molecule has 0 radical (unpaired) electrons. The minimum absolute atomic E-state index is 0.454. The Labute approximate surface area is 113 Å². The molecule has 4 nitrogen and oxygen atoms in total. The Morgan fingerprint density at radius 2 is 2.06 bits per heavy atom. The Kier molecular flexibility index (Phi) is 2.83. The number of benzene rings is 1. The highest BCUT2D eigenvalue weighted by molar-refractivity contribution is 9.10. The van der Waals surface area contributed by atoms with Crippen molar-refractivity contribution in [3.63, 3.8) is 0 Å². The number of H-pyrrole nitrogens is 2. The van der Waals surface area contributed by atoms with Crippen LogP contribution in [0.1, 0.15) is 11.3 Å². The van der Waals surface area contributed by atoms with Gasteiger partial charge in [-0.25, -0.2) is 4.98 Å². The lowest BCUT2D eigenvalue weighted by Gasteiger charge is -1.98. The number of hydrogen-bond acceptors (Lipinski definition) is 2. The Morgan fingerprint density at radius 1 is 1.22 bits per heavy atom. The number of para-hydroxylation sites is 1. The number of fused-ring (bicyclic) bond motifs is 1. The topological polar surface area (TPSA) is 70.5 Å². The molecule has 0 saturated carbocycles. The molecule has 5 heteroatoms. The first-order chi connectivity index (χ1) is 8.74. The molecule has 0 bridgehead atoms. The maximum atomic E-state index is 5.62. The van der Waals surface area contributed by atoms with Crippen molar-refractivity contribution in [3.8, 4) is 0 Å². The number of anilines is 1. The molecule has 4 N–H and O–H groups in total. The van der Waals surface area contributed by atoms with Crippen LogP contribution in [0.2, 0.25) is 0 Å². The second-order valence-electron chi connectivity index (χ2n) is 4.25. The number of nitrogen functional groups attached to an aromatic ring is 1. The Balaban J connectivity index is 1.83. The van der Waals surface area contributed by atoms with Gasteiger partial charge in [-0.1, -0.05) is 18.2 Å². The number of aromatic nitrogens is 3. The predicted octanol–water partition coefficient (Wildman–Crippen LogP) is 3.02. The number of imidazole rings is 1. The van der Waals surface area contributed by atoms with E-state index >= 15 is 0 Å². The van der Waals surface area contributed by atoms with E-state index in [0.29, 0.717) is 5.95 Å². The molecule has 92 valence electrons. The van der Waals surface area contributed by atoms with Crippen molar-refractivity contribution in [3.05, 3.63) is 46.3 Å². The van der Waals surface area contributed by atoms with Gasteiger partial charge in [0.05, 0.1) is 5.69 Å². The van der Waals surface area contributed by atoms with Gasteiger partial charge in [0, 0.05) is 17.1 Å². The molecular weight excluding hydrogens is 292 g/mol. The lowest BCUT2D eigenvalue weighted by molar-refractivity contribution is 0.926. The minimum atomic E-state index is 0.454. The van der Waals surface area contributed by atoms with Crippen LogP contribution < -0.4 is 5.73 Å². The molecule has 2 heterocycles. The van der Waals surface area contributed by atoms with Crippen molar-refractivity contribution in [2.75, 3.05) is 5.73 Å². The molecule has 0 spiro atoms. The first-order valence-corrected chi connectivity index (χ1v) is 6.58. The van der Waals surface area contributed by atoms with Gasteiger partial charge in [0.1, 0.15) is 4.60 Å². The Hall–Kier alpha value is -1.75. The number of aromatic amines is 2. The van der Waals surface area contributed by atoms with Crippen LogP contribution in [-0.4, -0.2) is 15.0 Å². The number of halogens is 1. The number of hydrogen-bond donors (Lipinski definition) is 3. The van der Waals surface area contributed by atoms with E-state index in [9.17, 15) is 0 Å². The zero-order chi connectivity index (χ0) is 12.5. The van der Waals surface area contributed by atoms with Gasteiger partial charge in [-0.3, -0.25) is 0 Å². The van der Waals surface area contributed by atoms with E-state index in [4.69, 9.17) is 5.73 Å². The summed E-state index contributed by atoms with van der Waals surface area (Å²) in [5, 5.41) is 1.28. The maximum absolute atomic E-state index is 5.62. The number of nitrogens with zero attached hydrogens (tertiary/aromatic N) is 1. The van der Waals surface area contributed by atoms with E-state index in [1.807, 2.05) is 6.07 Å². The van der Waals surface area contributed by atoms with Crippen LogP contribution >= 0.6 is 15.9 Å². The Bertz CT molecular complexity index is 683. The smallest absolute Gasteiger partial charge is 0.198 e. The molecule has 3 rings (SSSR count). The van der Waals surface area contributed by atoms with Crippen LogP contribution in [0.25, 0.3) is 10.9 Å². The van der Waals surface area contributed by atoms with E-state index in [1.165, 1.54) is 16.5 Å². The summed E-state index contributed by atoms with van der Waals surface area (Å²) in [6, 6.07) is 8.32. The van der Waals surface area contributed by atoms with Crippen LogP contribution in [-0.2, 0) is 12.8 Å². The second kappa shape index (κ2) is 4.49. The number of nitrogens with one attached hydrogen (secondary N) is 2. The zero-order valence-electron chi connectivity index (χ0n) is 9.70. The lowest BCUT2D eigenvalue weighted by atomic mass is 10.1. The molecule has 1 aromatic carbocycles. The lowest BCUT2D eigenvalue weighted by Crippen LogP contribution is -1.92. The van der Waals surface area contributed by atoms with Crippen LogP contribution in [0.3, 0.4) is 0 Å². The highest BCUT2D eigenvalue weighted by Crippen LogP contribution is 2.21. The van der Waals surface area contributed by atoms with Gasteiger partial charge in [0.2, 0.25) is 0 Å². The minimum Gasteiger partial charge on any atom is -0.369 e. The number of rotatable bonds is 3. The number of aryl methyl sites for hydroxylation is 2. The van der Waals surface area contributed by atoms with Crippen molar-refractivity contribution < 1.29 is 0 Å². The third kappa shape index (κ3) is 2.01. The molecule has 0 saturated heterocycles. The van der Waals surface area contributed by atoms with E-state index in [2.05, 4.69) is 55.3 Å². The SMILES string of the molecule is Nc1nc(Br)c(CCc2c[nH]c3ccccc23)[nH]1. The molecule has 3 aromatic rings. The normalized spacial score (nSPS) is 11.2. The third-order valence-electron chi connectivity index (χ3n) is 3.07. The summed E-state index contributed by atoms with van der Waals surface area (Å²) in [7, 11) is 0. The molecule has 0 aliphatic heterocycles. The van der Waals surface area contributed by atoms with Gasteiger partial charge in [0.25, 0.3) is 0 Å². The van der Waals surface area contributed by atoms with Gasteiger partial charge in [-0.15, -0.1) is 0 Å². The van der Waals surface area contributed by atoms with Crippen LogP contribution in [0.4, 0.5) is 5.95 Å². The summed E-state index contributed by atoms with van der Waals surface area (Å²) in [6.45, 7) is 0. The van der Waals surface area contributed by atoms with E-state index in [1.54, 1.807) is 0 Å². The first kappa shape index (κ1) is 11.3. The number of nitrogens with two attached hydrogens (primary N) is 1. The molecular formula is C13H13BrN4. The van der Waals surface area contributed by atoms with E-state index < -0.39 is 0 Å². The summed E-state index contributed by atoms with van der Waals surface area (Å²) in [5.41, 5.74) is 9.14. The molecule has 0 aliphatic rings. The molecule has 0 atom stereocenters. The summed E-state index contributed by atoms with van der Waals surface area (Å²) in [5.74, 6) is 0.454. The van der Waals surface area contributed by atoms with Gasteiger partial charge in [0.15, 0.2) is 5.95 Å². The monoisotopic (exact) mass is 304 g/mol. The standard InChI is InChI=1S/C13H13BrN4/c14-12-11(17-13(15)18-12)6-5-8-7-16-10-4-2-1-3-9(8)10/h1-4,7,16H,5-6H2,(H3,15,17,18). The van der Waals surface area contributed by atoms with E-state index in [-0.39, 0.29) is 0 Å². The summed E-state index contributed by atoms with van der Waals surface area (Å²) in [6.07, 6.45) is 3.90. The fraction of sp³-hybridized carbons (Fsp3) is 0.154. The maximum Gasteiger partial charge on any atom is 0.198 e. The fourth-order valence-electron chi connectivity index (χ4n) is 2.17. The molecule has 0 aliphatic carbocycles. The fourth-order valence-corrected chi connectivity index (χ4v) is 2.66. The van der Waals surface area contributed by atoms with Gasteiger partial charge in [-0.2, -0.15) is 0 Å². The second-order valence-corrected chi connectivity index (χ2v) is 5.00. The van der Waals surface area contributed by atoms with Crippen LogP contribution in [0, 0.1) is 0 Å². The molecule has 0 unspecified atom stereocenters. The molecule has 18 heavy (non-hydrogen) atoms. The summed E-state index contributed by atoms with van der Waals surface area (Å²) < 4.78 is 0.805. The van der Waals surface area contributed by atoms with Gasteiger partial charge < -0.3 is 15.7 Å². The third-order valence-corrected chi connectivity index (χ3v) is 3.72. The average Bonchev–Trinajstić information content (AvgIpc) is 2.90. The highest BCUT2D eigenvalue weighted by Gasteiger charge is 2.08. The quantitative estimate of drug-likeness (QED) is 0.696. The van der Waals surface area contributed by atoms with Crippen molar-refractivity contribution in [2.45, 2.75) is 12.8 Å². The van der Waals surface area contributed by atoms with Crippen molar-refractivity contribution in [2.24, 2.45) is 0 Å². The van der Waals surface area contributed by atoms with Crippen molar-refractivity contribution >= 4 is 32.8 Å². The molecule has 0 fully saturated rings.